The lowest BCUT2D eigenvalue weighted by atomic mass is 9.68. The van der Waals surface area contributed by atoms with Crippen LogP contribution in [0.3, 0.4) is 0 Å². The van der Waals surface area contributed by atoms with Gasteiger partial charge in [0, 0.05) is 25.7 Å². The summed E-state index contributed by atoms with van der Waals surface area (Å²) in [4.78, 5) is 0. The number of hydrogen-bond acceptors (Lipinski definition) is 3. The minimum Gasteiger partial charge on any atom is -0.382 e. The SMILES string of the molecule is CCNCC1(CCOCCOC)CCCc2ccccc21. The van der Waals surface area contributed by atoms with E-state index in [-0.39, 0.29) is 5.41 Å². The Morgan fingerprint density at radius 1 is 1.19 bits per heavy atom. The fourth-order valence-corrected chi connectivity index (χ4v) is 3.42. The highest BCUT2D eigenvalue weighted by Crippen LogP contribution is 2.39. The van der Waals surface area contributed by atoms with Crippen molar-refractivity contribution < 1.29 is 9.47 Å². The molecule has 1 aliphatic rings. The molecule has 1 aromatic carbocycles. The first-order valence-electron chi connectivity index (χ1n) is 8.18. The smallest absolute Gasteiger partial charge is 0.0700 e. The molecule has 0 saturated heterocycles. The Bertz CT molecular complexity index is 421. The first-order chi connectivity index (χ1) is 10.3. The van der Waals surface area contributed by atoms with Gasteiger partial charge in [-0.15, -0.1) is 0 Å². The predicted molar refractivity (Wildman–Crippen MR) is 86.9 cm³/mol. The van der Waals surface area contributed by atoms with E-state index in [1.54, 1.807) is 7.11 Å². The van der Waals surface area contributed by atoms with Crippen LogP contribution in [0.2, 0.25) is 0 Å². The lowest BCUT2D eigenvalue weighted by molar-refractivity contribution is 0.0586. The molecule has 118 valence electrons. The molecule has 1 aliphatic carbocycles. The molecule has 21 heavy (non-hydrogen) atoms. The van der Waals surface area contributed by atoms with Crippen LogP contribution in [0.4, 0.5) is 0 Å². The Kier molecular flexibility index (Phi) is 6.68. The van der Waals surface area contributed by atoms with Crippen molar-refractivity contribution in [2.24, 2.45) is 0 Å². The number of nitrogens with one attached hydrogen (secondary N) is 1. The second kappa shape index (κ2) is 8.52. The van der Waals surface area contributed by atoms with Gasteiger partial charge in [0.2, 0.25) is 0 Å². The zero-order valence-corrected chi connectivity index (χ0v) is 13.5. The quantitative estimate of drug-likeness (QED) is 0.710. The van der Waals surface area contributed by atoms with E-state index in [0.717, 1.165) is 26.1 Å². The number of aryl methyl sites for hydroxylation is 1. The highest BCUT2D eigenvalue weighted by Gasteiger charge is 2.35. The highest BCUT2D eigenvalue weighted by molar-refractivity contribution is 5.37. The van der Waals surface area contributed by atoms with Crippen LogP contribution in [-0.2, 0) is 21.3 Å². The van der Waals surface area contributed by atoms with Gasteiger partial charge in [-0.3, -0.25) is 0 Å². The monoisotopic (exact) mass is 291 g/mol. The van der Waals surface area contributed by atoms with Crippen LogP contribution in [0.15, 0.2) is 24.3 Å². The van der Waals surface area contributed by atoms with E-state index in [2.05, 4.69) is 36.5 Å². The third-order valence-electron chi connectivity index (χ3n) is 4.56. The molecule has 3 nitrogen and oxygen atoms in total. The van der Waals surface area contributed by atoms with Gasteiger partial charge >= 0.3 is 0 Å². The van der Waals surface area contributed by atoms with Crippen molar-refractivity contribution in [2.75, 3.05) is 40.0 Å². The maximum absolute atomic E-state index is 5.74. The third kappa shape index (κ3) is 4.29. The van der Waals surface area contributed by atoms with Crippen LogP contribution < -0.4 is 5.32 Å². The van der Waals surface area contributed by atoms with Gasteiger partial charge in [-0.1, -0.05) is 31.2 Å². The predicted octanol–water partition coefficient (Wildman–Crippen LogP) is 2.92. The maximum Gasteiger partial charge on any atom is 0.0700 e. The summed E-state index contributed by atoms with van der Waals surface area (Å²) in [5, 5.41) is 3.57. The topological polar surface area (TPSA) is 30.5 Å². The van der Waals surface area contributed by atoms with Crippen LogP contribution in [0.1, 0.15) is 37.3 Å². The Hall–Kier alpha value is -0.900. The van der Waals surface area contributed by atoms with E-state index in [9.17, 15) is 0 Å². The molecule has 0 heterocycles. The Morgan fingerprint density at radius 2 is 2.05 bits per heavy atom. The van der Waals surface area contributed by atoms with Crippen molar-refractivity contribution in [3.05, 3.63) is 35.4 Å². The van der Waals surface area contributed by atoms with Gasteiger partial charge in [-0.2, -0.15) is 0 Å². The van der Waals surface area contributed by atoms with Crippen molar-refractivity contribution in [3.8, 4) is 0 Å². The number of rotatable bonds is 9. The van der Waals surface area contributed by atoms with E-state index in [1.165, 1.54) is 30.4 Å². The Balaban J connectivity index is 2.07. The summed E-state index contributed by atoms with van der Waals surface area (Å²) < 4.78 is 10.8. The van der Waals surface area contributed by atoms with Crippen molar-refractivity contribution in [3.63, 3.8) is 0 Å². The molecule has 0 fully saturated rings. The molecule has 1 N–H and O–H groups in total. The highest BCUT2D eigenvalue weighted by atomic mass is 16.5. The molecule has 0 spiro atoms. The minimum atomic E-state index is 0.234. The number of methoxy groups -OCH3 is 1. The lowest BCUT2D eigenvalue weighted by Crippen LogP contribution is -2.42. The second-order valence-corrected chi connectivity index (χ2v) is 5.93. The summed E-state index contributed by atoms with van der Waals surface area (Å²) in [6, 6.07) is 8.95. The fourth-order valence-electron chi connectivity index (χ4n) is 3.42. The van der Waals surface area contributed by atoms with Gasteiger partial charge in [0.15, 0.2) is 0 Å². The van der Waals surface area contributed by atoms with Crippen LogP contribution in [0.5, 0.6) is 0 Å². The standard InChI is InChI=1S/C18H29NO2/c1-3-19-15-18(11-12-21-14-13-20-2)10-6-8-16-7-4-5-9-17(16)18/h4-5,7,9,19H,3,6,8,10-15H2,1-2H3. The van der Waals surface area contributed by atoms with Crippen LogP contribution in [-0.4, -0.2) is 40.0 Å². The minimum absolute atomic E-state index is 0.234. The fraction of sp³-hybridized carbons (Fsp3) is 0.667. The second-order valence-electron chi connectivity index (χ2n) is 5.93. The van der Waals surface area contributed by atoms with Crippen LogP contribution >= 0.6 is 0 Å². The molecular weight excluding hydrogens is 262 g/mol. The van der Waals surface area contributed by atoms with Gasteiger partial charge < -0.3 is 14.8 Å². The van der Waals surface area contributed by atoms with E-state index in [4.69, 9.17) is 9.47 Å². The van der Waals surface area contributed by atoms with Gasteiger partial charge in [0.1, 0.15) is 0 Å². The van der Waals surface area contributed by atoms with Crippen molar-refractivity contribution in [2.45, 2.75) is 38.0 Å². The molecule has 0 amide bonds. The van der Waals surface area contributed by atoms with Crippen LogP contribution in [0.25, 0.3) is 0 Å². The first kappa shape index (κ1) is 16.5. The molecule has 0 aliphatic heterocycles. The normalized spacial score (nSPS) is 21.2. The van der Waals surface area contributed by atoms with Crippen LogP contribution in [0, 0.1) is 0 Å². The number of benzene rings is 1. The zero-order valence-electron chi connectivity index (χ0n) is 13.5. The number of ether oxygens (including phenoxy) is 2. The average Bonchev–Trinajstić information content (AvgIpc) is 2.53. The number of hydrogen-bond donors (Lipinski definition) is 1. The van der Waals surface area contributed by atoms with Crippen molar-refractivity contribution in [1.82, 2.24) is 5.32 Å². The average molecular weight is 291 g/mol. The molecule has 1 unspecified atom stereocenters. The largest absolute Gasteiger partial charge is 0.382 e. The maximum atomic E-state index is 5.74. The molecule has 1 atom stereocenters. The third-order valence-corrected chi connectivity index (χ3v) is 4.56. The molecule has 0 radical (unpaired) electrons. The summed E-state index contributed by atoms with van der Waals surface area (Å²) in [5.41, 5.74) is 3.30. The lowest BCUT2D eigenvalue weighted by Gasteiger charge is -2.39. The van der Waals surface area contributed by atoms with E-state index in [1.807, 2.05) is 0 Å². The molecule has 1 aromatic rings. The van der Waals surface area contributed by atoms with Gasteiger partial charge in [-0.25, -0.2) is 0 Å². The van der Waals surface area contributed by atoms with Gasteiger partial charge in [0.25, 0.3) is 0 Å². The summed E-state index contributed by atoms with van der Waals surface area (Å²) >= 11 is 0. The summed E-state index contributed by atoms with van der Waals surface area (Å²) in [7, 11) is 1.72. The Morgan fingerprint density at radius 3 is 2.86 bits per heavy atom. The van der Waals surface area contributed by atoms with Crippen molar-refractivity contribution in [1.29, 1.82) is 0 Å². The molecule has 0 aromatic heterocycles. The summed E-state index contributed by atoms with van der Waals surface area (Å²) in [6.07, 6.45) is 4.83. The number of fused-ring (bicyclic) bond motifs is 1. The van der Waals surface area contributed by atoms with Gasteiger partial charge in [0.05, 0.1) is 13.2 Å². The molecular formula is C18H29NO2. The number of likely N-dealkylation sites (N-methyl/N-ethyl adjacent to an activating group) is 1. The zero-order chi connectivity index (χ0) is 15.0. The molecule has 0 bridgehead atoms. The first-order valence-corrected chi connectivity index (χ1v) is 8.18. The summed E-state index contributed by atoms with van der Waals surface area (Å²) in [5.74, 6) is 0. The molecule has 0 saturated carbocycles. The van der Waals surface area contributed by atoms with E-state index >= 15 is 0 Å². The summed E-state index contributed by atoms with van der Waals surface area (Å²) in [6.45, 7) is 6.43. The van der Waals surface area contributed by atoms with Gasteiger partial charge in [-0.05, 0) is 43.4 Å². The van der Waals surface area contributed by atoms with E-state index < -0.39 is 0 Å². The van der Waals surface area contributed by atoms with E-state index in [0.29, 0.717) is 13.2 Å². The van der Waals surface area contributed by atoms with Crippen molar-refractivity contribution >= 4 is 0 Å². The molecule has 3 heteroatoms. The molecule has 2 rings (SSSR count). The Labute approximate surface area is 129 Å².